The number of aliphatic hydroxyl groups is 1. The Morgan fingerprint density at radius 2 is 1.90 bits per heavy atom. The van der Waals surface area contributed by atoms with Crippen molar-refractivity contribution in [2.75, 3.05) is 11.9 Å². The quantitative estimate of drug-likeness (QED) is 0.814. The molecule has 0 bridgehead atoms. The third kappa shape index (κ3) is 4.68. The number of hydrogen-bond donors (Lipinski definition) is 2. The zero-order valence-electron chi connectivity index (χ0n) is 11.0. The van der Waals surface area contributed by atoms with Crippen LogP contribution in [0, 0.1) is 0 Å². The molecule has 21 heavy (non-hydrogen) atoms. The van der Waals surface area contributed by atoms with Crippen molar-refractivity contribution in [2.24, 2.45) is 0 Å². The predicted molar refractivity (Wildman–Crippen MR) is 80.7 cm³/mol. The second-order valence-electron chi connectivity index (χ2n) is 4.33. The molecule has 2 aromatic rings. The van der Waals surface area contributed by atoms with E-state index in [0.29, 0.717) is 5.69 Å². The number of aliphatic hydroxyl groups excluding tert-OH is 1. The average molecular weight is 358 g/mol. The van der Waals surface area contributed by atoms with Crippen LogP contribution in [0.4, 0.5) is 14.5 Å². The zero-order chi connectivity index (χ0) is 15.2. The van der Waals surface area contributed by atoms with Crippen LogP contribution in [0.3, 0.4) is 0 Å². The second-order valence-corrected chi connectivity index (χ2v) is 5.24. The first-order chi connectivity index (χ1) is 10.1. The minimum Gasteiger partial charge on any atom is -0.433 e. The molecule has 0 aliphatic rings. The van der Waals surface area contributed by atoms with Gasteiger partial charge in [0.15, 0.2) is 0 Å². The number of ether oxygens (including phenoxy) is 1. The first kappa shape index (κ1) is 15.7. The first-order valence-corrected chi connectivity index (χ1v) is 7.07. The van der Waals surface area contributed by atoms with Gasteiger partial charge in [0.05, 0.1) is 11.8 Å². The maximum atomic E-state index is 12.3. The highest BCUT2D eigenvalue weighted by Crippen LogP contribution is 2.26. The largest absolute Gasteiger partial charge is 0.433 e. The number of rotatable bonds is 6. The maximum absolute atomic E-state index is 12.3. The van der Waals surface area contributed by atoms with Crippen LogP contribution in [-0.2, 0) is 0 Å². The van der Waals surface area contributed by atoms with Crippen molar-refractivity contribution in [2.45, 2.75) is 12.7 Å². The third-order valence-corrected chi connectivity index (χ3v) is 3.32. The molecule has 0 saturated carbocycles. The standard InChI is InChI=1S/C15H14BrF2NO2/c16-11-5-3-4-10(8-11)13(20)9-19-12-6-1-2-7-14(12)21-15(17)18/h1-8,13,15,19-20H,9H2. The van der Waals surface area contributed by atoms with Crippen molar-refractivity contribution in [3.05, 3.63) is 58.6 Å². The number of anilines is 1. The van der Waals surface area contributed by atoms with Crippen molar-refractivity contribution in [3.63, 3.8) is 0 Å². The zero-order valence-corrected chi connectivity index (χ0v) is 12.6. The van der Waals surface area contributed by atoms with Gasteiger partial charge in [-0.15, -0.1) is 0 Å². The van der Waals surface area contributed by atoms with Gasteiger partial charge in [0, 0.05) is 11.0 Å². The van der Waals surface area contributed by atoms with Gasteiger partial charge in [-0.2, -0.15) is 8.78 Å². The Hall–Kier alpha value is -1.66. The molecular weight excluding hydrogens is 344 g/mol. The van der Waals surface area contributed by atoms with Crippen LogP contribution >= 0.6 is 15.9 Å². The maximum Gasteiger partial charge on any atom is 0.387 e. The normalized spacial score (nSPS) is 12.2. The lowest BCUT2D eigenvalue weighted by Gasteiger charge is -2.16. The highest BCUT2D eigenvalue weighted by molar-refractivity contribution is 9.10. The van der Waals surface area contributed by atoms with Crippen molar-refractivity contribution in [1.29, 1.82) is 0 Å². The van der Waals surface area contributed by atoms with E-state index in [0.717, 1.165) is 10.0 Å². The van der Waals surface area contributed by atoms with Gasteiger partial charge in [-0.3, -0.25) is 0 Å². The Balaban J connectivity index is 2.02. The Bertz CT molecular complexity index is 595. The molecule has 0 amide bonds. The molecule has 0 saturated heterocycles. The Morgan fingerprint density at radius 1 is 1.14 bits per heavy atom. The first-order valence-electron chi connectivity index (χ1n) is 6.27. The fourth-order valence-corrected chi connectivity index (χ4v) is 2.27. The minimum absolute atomic E-state index is 0.0499. The van der Waals surface area contributed by atoms with Gasteiger partial charge < -0.3 is 15.2 Å². The summed E-state index contributed by atoms with van der Waals surface area (Å²) in [4.78, 5) is 0. The molecule has 0 aliphatic carbocycles. The Labute approximate surface area is 129 Å². The van der Waals surface area contributed by atoms with Gasteiger partial charge in [-0.05, 0) is 29.8 Å². The lowest BCUT2D eigenvalue weighted by molar-refractivity contribution is -0.0493. The summed E-state index contributed by atoms with van der Waals surface area (Å²) in [5.41, 5.74) is 1.14. The molecule has 3 nitrogen and oxygen atoms in total. The van der Waals surface area contributed by atoms with E-state index in [2.05, 4.69) is 26.0 Å². The van der Waals surface area contributed by atoms with Gasteiger partial charge in [0.25, 0.3) is 0 Å². The molecule has 0 fully saturated rings. The van der Waals surface area contributed by atoms with E-state index in [1.807, 2.05) is 12.1 Å². The number of alkyl halides is 2. The van der Waals surface area contributed by atoms with Crippen molar-refractivity contribution < 1.29 is 18.6 Å². The van der Waals surface area contributed by atoms with Crippen LogP contribution in [0.25, 0.3) is 0 Å². The minimum atomic E-state index is -2.89. The second kappa shape index (κ2) is 7.38. The summed E-state index contributed by atoms with van der Waals surface area (Å²) in [6.45, 7) is -2.71. The van der Waals surface area contributed by atoms with Crippen LogP contribution in [0.1, 0.15) is 11.7 Å². The number of para-hydroxylation sites is 2. The van der Waals surface area contributed by atoms with Gasteiger partial charge in [-0.25, -0.2) is 0 Å². The molecular formula is C15H14BrF2NO2. The van der Waals surface area contributed by atoms with E-state index in [1.54, 1.807) is 30.3 Å². The topological polar surface area (TPSA) is 41.5 Å². The van der Waals surface area contributed by atoms with Crippen LogP contribution < -0.4 is 10.1 Å². The molecule has 0 heterocycles. The Morgan fingerprint density at radius 3 is 2.62 bits per heavy atom. The summed E-state index contributed by atoms with van der Waals surface area (Å²) in [6, 6.07) is 13.6. The fraction of sp³-hybridized carbons (Fsp3) is 0.200. The van der Waals surface area contributed by atoms with Gasteiger partial charge in [0.2, 0.25) is 0 Å². The summed E-state index contributed by atoms with van der Waals surface area (Å²) in [5, 5.41) is 13.0. The number of benzene rings is 2. The summed E-state index contributed by atoms with van der Waals surface area (Å²) >= 11 is 3.33. The fourth-order valence-electron chi connectivity index (χ4n) is 1.85. The van der Waals surface area contributed by atoms with Crippen LogP contribution in [0.5, 0.6) is 5.75 Å². The average Bonchev–Trinajstić information content (AvgIpc) is 2.45. The van der Waals surface area contributed by atoms with E-state index >= 15 is 0 Å². The summed E-state index contributed by atoms with van der Waals surface area (Å²) in [6.07, 6.45) is -0.762. The molecule has 1 unspecified atom stereocenters. The SMILES string of the molecule is OC(CNc1ccccc1OC(F)F)c1cccc(Br)c1. The molecule has 0 radical (unpaired) electrons. The highest BCUT2D eigenvalue weighted by Gasteiger charge is 2.11. The molecule has 2 rings (SSSR count). The van der Waals surface area contributed by atoms with Crippen LogP contribution in [-0.4, -0.2) is 18.3 Å². The molecule has 2 N–H and O–H groups in total. The van der Waals surface area contributed by atoms with Crippen molar-refractivity contribution in [3.8, 4) is 5.75 Å². The van der Waals surface area contributed by atoms with Gasteiger partial charge in [0.1, 0.15) is 5.75 Å². The molecule has 0 aromatic heterocycles. The summed E-state index contributed by atoms with van der Waals surface area (Å²) in [7, 11) is 0. The monoisotopic (exact) mass is 357 g/mol. The third-order valence-electron chi connectivity index (χ3n) is 2.82. The van der Waals surface area contributed by atoms with Crippen molar-refractivity contribution in [1.82, 2.24) is 0 Å². The van der Waals surface area contributed by atoms with Crippen molar-refractivity contribution >= 4 is 21.6 Å². The van der Waals surface area contributed by atoms with E-state index in [4.69, 9.17) is 0 Å². The number of hydrogen-bond acceptors (Lipinski definition) is 3. The van der Waals surface area contributed by atoms with E-state index in [-0.39, 0.29) is 12.3 Å². The molecule has 1 atom stereocenters. The van der Waals surface area contributed by atoms with Crippen LogP contribution in [0.15, 0.2) is 53.0 Å². The molecule has 2 aromatic carbocycles. The predicted octanol–water partition coefficient (Wildman–Crippen LogP) is 4.20. The van der Waals surface area contributed by atoms with Gasteiger partial charge >= 0.3 is 6.61 Å². The molecule has 0 spiro atoms. The molecule has 112 valence electrons. The van der Waals surface area contributed by atoms with Gasteiger partial charge in [-0.1, -0.05) is 40.2 Å². The van der Waals surface area contributed by atoms with E-state index in [1.165, 1.54) is 6.07 Å². The smallest absolute Gasteiger partial charge is 0.387 e. The Kier molecular flexibility index (Phi) is 5.52. The molecule has 6 heteroatoms. The lowest BCUT2D eigenvalue weighted by atomic mass is 10.1. The van der Waals surface area contributed by atoms with Crippen LogP contribution in [0.2, 0.25) is 0 Å². The molecule has 0 aliphatic heterocycles. The summed E-state index contributed by atoms with van der Waals surface area (Å²) in [5.74, 6) is 0.0499. The summed E-state index contributed by atoms with van der Waals surface area (Å²) < 4.78 is 29.9. The number of halogens is 3. The highest BCUT2D eigenvalue weighted by atomic mass is 79.9. The lowest BCUT2D eigenvalue weighted by Crippen LogP contribution is -2.13. The number of nitrogens with one attached hydrogen (secondary N) is 1. The van der Waals surface area contributed by atoms with E-state index < -0.39 is 12.7 Å². The van der Waals surface area contributed by atoms with E-state index in [9.17, 15) is 13.9 Å².